The molecule has 0 amide bonds. The Morgan fingerprint density at radius 1 is 1.15 bits per heavy atom. The molecule has 0 spiro atoms. The van der Waals surface area contributed by atoms with Gasteiger partial charge < -0.3 is 20.4 Å². The fourth-order valence-electron chi connectivity index (χ4n) is 3.06. The van der Waals surface area contributed by atoms with Gasteiger partial charge >= 0.3 is 0 Å². The molecule has 2 N–H and O–H groups in total. The summed E-state index contributed by atoms with van der Waals surface area (Å²) in [6, 6.07) is 5.17. The zero-order chi connectivity index (χ0) is 18.8. The maximum atomic E-state index is 13.3. The number of nitrogens with zero attached hydrogens (tertiary/aromatic N) is 3. The van der Waals surface area contributed by atoms with Gasteiger partial charge in [0.25, 0.3) is 0 Å². The summed E-state index contributed by atoms with van der Waals surface area (Å²) in [5, 5.41) is 6.67. The van der Waals surface area contributed by atoms with Crippen molar-refractivity contribution in [3.63, 3.8) is 0 Å². The summed E-state index contributed by atoms with van der Waals surface area (Å²) in [6.45, 7) is 12.1. The quantitative estimate of drug-likeness (QED) is 0.422. The van der Waals surface area contributed by atoms with E-state index < -0.39 is 0 Å². The largest absolute Gasteiger partial charge is 0.357 e. The molecular weight excluding hydrogens is 329 g/mol. The second kappa shape index (κ2) is 11.1. The second-order valence-electron chi connectivity index (χ2n) is 7.06. The van der Waals surface area contributed by atoms with Gasteiger partial charge in [0.2, 0.25) is 0 Å². The minimum Gasteiger partial charge on any atom is -0.357 e. The van der Waals surface area contributed by atoms with Gasteiger partial charge in [0.15, 0.2) is 5.96 Å². The number of halogens is 1. The third kappa shape index (κ3) is 7.30. The molecule has 0 aromatic heterocycles. The van der Waals surface area contributed by atoms with Crippen LogP contribution in [0.4, 0.5) is 4.39 Å². The number of rotatable bonds is 8. The SMILES string of the molecule is CCNC(=NCc1ccc(F)c(C)c1)NCCCCN1CCN(C)CC1. The highest BCUT2D eigenvalue weighted by atomic mass is 19.1. The second-order valence-corrected chi connectivity index (χ2v) is 7.06. The van der Waals surface area contributed by atoms with Crippen LogP contribution in [0.1, 0.15) is 30.9 Å². The first-order valence-electron chi connectivity index (χ1n) is 9.76. The molecule has 6 heteroatoms. The van der Waals surface area contributed by atoms with Crippen LogP contribution in [0.5, 0.6) is 0 Å². The number of aryl methyl sites for hydroxylation is 1. The van der Waals surface area contributed by atoms with Crippen molar-refractivity contribution in [2.24, 2.45) is 4.99 Å². The summed E-state index contributed by atoms with van der Waals surface area (Å²) in [4.78, 5) is 9.55. The van der Waals surface area contributed by atoms with Crippen LogP contribution in [0, 0.1) is 12.7 Å². The van der Waals surface area contributed by atoms with Crippen LogP contribution in [0.2, 0.25) is 0 Å². The van der Waals surface area contributed by atoms with Crippen molar-refractivity contribution in [2.45, 2.75) is 33.2 Å². The molecule has 0 bridgehead atoms. The van der Waals surface area contributed by atoms with Crippen LogP contribution in [0.25, 0.3) is 0 Å². The Bertz CT molecular complexity index is 567. The van der Waals surface area contributed by atoms with Crippen LogP contribution < -0.4 is 10.6 Å². The lowest BCUT2D eigenvalue weighted by atomic mass is 10.1. The Morgan fingerprint density at radius 3 is 2.62 bits per heavy atom. The number of nitrogens with one attached hydrogen (secondary N) is 2. The Kier molecular flexibility index (Phi) is 8.85. The lowest BCUT2D eigenvalue weighted by molar-refractivity contribution is 0.152. The Morgan fingerprint density at radius 2 is 1.92 bits per heavy atom. The van der Waals surface area contributed by atoms with Gasteiger partial charge in [0.05, 0.1) is 6.54 Å². The molecule has 146 valence electrons. The summed E-state index contributed by atoms with van der Waals surface area (Å²) >= 11 is 0. The normalized spacial score (nSPS) is 16.7. The number of guanidine groups is 1. The third-order valence-corrected chi connectivity index (χ3v) is 4.78. The number of hydrogen-bond acceptors (Lipinski definition) is 3. The maximum absolute atomic E-state index is 13.3. The van der Waals surface area contributed by atoms with E-state index in [-0.39, 0.29) is 5.82 Å². The summed E-state index contributed by atoms with van der Waals surface area (Å²) in [5.74, 6) is 0.664. The summed E-state index contributed by atoms with van der Waals surface area (Å²) < 4.78 is 13.3. The van der Waals surface area contributed by atoms with E-state index >= 15 is 0 Å². The van der Waals surface area contributed by atoms with Gasteiger partial charge in [0, 0.05) is 39.3 Å². The van der Waals surface area contributed by atoms with Crippen molar-refractivity contribution in [2.75, 3.05) is 52.9 Å². The van der Waals surface area contributed by atoms with E-state index in [1.807, 2.05) is 6.07 Å². The molecule has 1 heterocycles. The van der Waals surface area contributed by atoms with Crippen LogP contribution >= 0.6 is 0 Å². The fourth-order valence-corrected chi connectivity index (χ4v) is 3.06. The van der Waals surface area contributed by atoms with Crippen molar-refractivity contribution < 1.29 is 4.39 Å². The van der Waals surface area contributed by atoms with Gasteiger partial charge in [-0.15, -0.1) is 0 Å². The van der Waals surface area contributed by atoms with Gasteiger partial charge in [-0.2, -0.15) is 0 Å². The topological polar surface area (TPSA) is 42.9 Å². The van der Waals surface area contributed by atoms with Crippen molar-refractivity contribution in [1.29, 1.82) is 0 Å². The highest BCUT2D eigenvalue weighted by molar-refractivity contribution is 5.79. The molecule has 0 saturated carbocycles. The Hall–Kier alpha value is -1.66. The van der Waals surface area contributed by atoms with Gasteiger partial charge in [-0.1, -0.05) is 12.1 Å². The van der Waals surface area contributed by atoms with E-state index in [1.165, 1.54) is 45.2 Å². The fraction of sp³-hybridized carbons (Fsp3) is 0.650. The molecule has 1 aliphatic rings. The minimum absolute atomic E-state index is 0.164. The molecule has 26 heavy (non-hydrogen) atoms. The predicted molar refractivity (Wildman–Crippen MR) is 107 cm³/mol. The van der Waals surface area contributed by atoms with Gasteiger partial charge in [-0.25, -0.2) is 9.38 Å². The molecule has 1 fully saturated rings. The van der Waals surface area contributed by atoms with Crippen LogP contribution in [-0.4, -0.2) is 68.6 Å². The molecule has 5 nitrogen and oxygen atoms in total. The monoisotopic (exact) mass is 363 g/mol. The highest BCUT2D eigenvalue weighted by Gasteiger charge is 2.12. The minimum atomic E-state index is -0.164. The average Bonchev–Trinajstić information content (AvgIpc) is 2.63. The summed E-state index contributed by atoms with van der Waals surface area (Å²) in [7, 11) is 2.19. The number of aliphatic imine (C=N–C) groups is 1. The Balaban J connectivity index is 1.69. The van der Waals surface area contributed by atoms with Crippen molar-refractivity contribution in [1.82, 2.24) is 20.4 Å². The molecule has 1 aromatic rings. The third-order valence-electron chi connectivity index (χ3n) is 4.78. The predicted octanol–water partition coefficient (Wildman–Crippen LogP) is 2.22. The smallest absolute Gasteiger partial charge is 0.191 e. The summed E-state index contributed by atoms with van der Waals surface area (Å²) in [5.41, 5.74) is 1.69. The lowest BCUT2D eigenvalue weighted by Gasteiger charge is -2.32. The number of piperazine rings is 1. The van der Waals surface area contributed by atoms with Gasteiger partial charge in [0.1, 0.15) is 5.82 Å². The van der Waals surface area contributed by atoms with Crippen molar-refractivity contribution in [3.05, 3.63) is 35.1 Å². The molecular formula is C20H34FN5. The van der Waals surface area contributed by atoms with E-state index in [2.05, 4.69) is 39.4 Å². The van der Waals surface area contributed by atoms with Crippen LogP contribution in [0.3, 0.4) is 0 Å². The molecule has 1 aliphatic heterocycles. The molecule has 0 unspecified atom stereocenters. The molecule has 1 saturated heterocycles. The number of benzene rings is 1. The first kappa shape index (κ1) is 20.6. The molecule has 0 atom stereocenters. The standard InChI is InChI=1S/C20H34FN5/c1-4-22-20(24-16-18-7-8-19(21)17(2)15-18)23-9-5-6-10-26-13-11-25(3)12-14-26/h7-8,15H,4-6,9-14,16H2,1-3H3,(H2,22,23,24). The van der Waals surface area contributed by atoms with Crippen LogP contribution in [0.15, 0.2) is 23.2 Å². The number of hydrogen-bond donors (Lipinski definition) is 2. The zero-order valence-corrected chi connectivity index (χ0v) is 16.5. The first-order chi connectivity index (χ1) is 12.6. The van der Waals surface area contributed by atoms with Gasteiger partial charge in [-0.3, -0.25) is 0 Å². The zero-order valence-electron chi connectivity index (χ0n) is 16.5. The van der Waals surface area contributed by atoms with E-state index in [4.69, 9.17) is 0 Å². The van der Waals surface area contributed by atoms with Gasteiger partial charge in [-0.05, 0) is 57.5 Å². The van der Waals surface area contributed by atoms with Crippen LogP contribution in [-0.2, 0) is 6.54 Å². The molecule has 0 radical (unpaired) electrons. The maximum Gasteiger partial charge on any atom is 0.191 e. The molecule has 0 aliphatic carbocycles. The average molecular weight is 364 g/mol. The van der Waals surface area contributed by atoms with E-state index in [1.54, 1.807) is 13.0 Å². The lowest BCUT2D eigenvalue weighted by Crippen LogP contribution is -2.44. The highest BCUT2D eigenvalue weighted by Crippen LogP contribution is 2.10. The van der Waals surface area contributed by atoms with E-state index in [0.717, 1.165) is 31.0 Å². The Labute approximate surface area is 157 Å². The van der Waals surface area contributed by atoms with E-state index in [9.17, 15) is 4.39 Å². The van der Waals surface area contributed by atoms with Crippen molar-refractivity contribution in [3.8, 4) is 0 Å². The summed E-state index contributed by atoms with van der Waals surface area (Å²) in [6.07, 6.45) is 2.33. The van der Waals surface area contributed by atoms with E-state index in [0.29, 0.717) is 12.1 Å². The molecule has 1 aromatic carbocycles. The number of unbranched alkanes of at least 4 members (excludes halogenated alkanes) is 1. The molecule has 2 rings (SSSR count). The first-order valence-corrected chi connectivity index (χ1v) is 9.76. The van der Waals surface area contributed by atoms with Crippen molar-refractivity contribution >= 4 is 5.96 Å². The number of likely N-dealkylation sites (N-methyl/N-ethyl adjacent to an activating group) is 1.